The first-order valence-corrected chi connectivity index (χ1v) is 9.83. The van der Waals surface area contributed by atoms with Gasteiger partial charge in [-0.2, -0.15) is 0 Å². The summed E-state index contributed by atoms with van der Waals surface area (Å²) in [5.41, 5.74) is 1.22. The number of likely N-dealkylation sites (tertiary alicyclic amines) is 1. The van der Waals surface area contributed by atoms with E-state index in [1.165, 1.54) is 36.2 Å². The van der Waals surface area contributed by atoms with Crippen LogP contribution in [0.25, 0.3) is 0 Å². The van der Waals surface area contributed by atoms with Crippen LogP contribution < -0.4 is 20.7 Å². The minimum Gasteiger partial charge on any atom is -0.497 e. The number of benzene rings is 2. The topological polar surface area (TPSA) is 99.8 Å². The summed E-state index contributed by atoms with van der Waals surface area (Å²) in [5, 5.41) is 7.86. The molecule has 1 heterocycles. The molecule has 0 bridgehead atoms. The van der Waals surface area contributed by atoms with Crippen LogP contribution in [0.1, 0.15) is 18.4 Å². The molecule has 31 heavy (non-hydrogen) atoms. The molecule has 164 valence electrons. The number of hydrogen-bond donors (Lipinski definition) is 3. The van der Waals surface area contributed by atoms with Gasteiger partial charge in [0.15, 0.2) is 0 Å². The predicted molar refractivity (Wildman–Crippen MR) is 113 cm³/mol. The van der Waals surface area contributed by atoms with E-state index in [1.54, 1.807) is 26.2 Å². The SMILES string of the molecule is CNC(=O)C(C)N1C[C@@H](c2ccc(OC)cc2)[C@H](NC(=O)Nc2ccc(F)cc2)C1=O. The van der Waals surface area contributed by atoms with E-state index in [9.17, 15) is 18.8 Å². The van der Waals surface area contributed by atoms with Crippen molar-refractivity contribution in [2.24, 2.45) is 0 Å². The second-order valence-corrected chi connectivity index (χ2v) is 7.24. The van der Waals surface area contributed by atoms with E-state index in [0.29, 0.717) is 11.4 Å². The molecule has 2 aromatic carbocycles. The molecule has 3 rings (SSSR count). The number of nitrogens with one attached hydrogen (secondary N) is 3. The van der Waals surface area contributed by atoms with Crippen molar-refractivity contribution in [2.75, 3.05) is 26.0 Å². The van der Waals surface area contributed by atoms with Crippen LogP contribution in [0.2, 0.25) is 0 Å². The summed E-state index contributed by atoms with van der Waals surface area (Å²) in [7, 11) is 3.07. The van der Waals surface area contributed by atoms with Gasteiger partial charge in [0.1, 0.15) is 23.7 Å². The molecule has 4 amide bonds. The number of amides is 4. The maximum Gasteiger partial charge on any atom is 0.319 e. The van der Waals surface area contributed by atoms with Crippen molar-refractivity contribution in [1.29, 1.82) is 0 Å². The Labute approximate surface area is 179 Å². The van der Waals surface area contributed by atoms with Crippen LogP contribution in [0.5, 0.6) is 5.75 Å². The van der Waals surface area contributed by atoms with Gasteiger partial charge in [-0.15, -0.1) is 0 Å². The van der Waals surface area contributed by atoms with Crippen LogP contribution in [0.3, 0.4) is 0 Å². The van der Waals surface area contributed by atoms with Crippen LogP contribution >= 0.6 is 0 Å². The number of anilines is 1. The number of ether oxygens (including phenoxy) is 1. The molecule has 1 fully saturated rings. The highest BCUT2D eigenvalue weighted by Gasteiger charge is 2.45. The standard InChI is InChI=1S/C22H25FN4O4/c1-13(20(28)24-2)27-12-18(14-4-10-17(31-3)11-5-14)19(21(27)29)26-22(30)25-16-8-6-15(23)7-9-16/h4-11,13,18-19H,12H2,1-3H3,(H,24,28)(H2,25,26,30)/t13?,18-,19-/m0/s1. The van der Waals surface area contributed by atoms with Gasteiger partial charge in [0.05, 0.1) is 7.11 Å². The number of halogens is 1. The third kappa shape index (κ3) is 4.93. The summed E-state index contributed by atoms with van der Waals surface area (Å²) in [6, 6.07) is 10.4. The van der Waals surface area contributed by atoms with E-state index in [0.717, 1.165) is 5.56 Å². The zero-order chi connectivity index (χ0) is 22.5. The maximum absolute atomic E-state index is 13.1. The summed E-state index contributed by atoms with van der Waals surface area (Å²) in [6.07, 6.45) is 0. The lowest BCUT2D eigenvalue weighted by molar-refractivity contribution is -0.137. The first-order valence-electron chi connectivity index (χ1n) is 9.83. The number of urea groups is 1. The molecule has 1 unspecified atom stereocenters. The molecule has 3 N–H and O–H groups in total. The Morgan fingerprint density at radius 3 is 2.35 bits per heavy atom. The molecule has 8 nitrogen and oxygen atoms in total. The van der Waals surface area contributed by atoms with E-state index in [4.69, 9.17) is 4.74 Å². The first kappa shape index (κ1) is 22.1. The number of rotatable bonds is 6. The van der Waals surface area contributed by atoms with Crippen molar-refractivity contribution in [3.8, 4) is 5.75 Å². The van der Waals surface area contributed by atoms with E-state index >= 15 is 0 Å². The van der Waals surface area contributed by atoms with Crippen molar-refractivity contribution in [3.63, 3.8) is 0 Å². The highest BCUT2D eigenvalue weighted by molar-refractivity contribution is 5.97. The number of carbonyl (C=O) groups excluding carboxylic acids is 3. The molecule has 1 aliphatic rings. The molecule has 3 atom stereocenters. The molecule has 1 saturated heterocycles. The summed E-state index contributed by atoms with van der Waals surface area (Å²) < 4.78 is 18.3. The highest BCUT2D eigenvalue weighted by Crippen LogP contribution is 2.31. The lowest BCUT2D eigenvalue weighted by Gasteiger charge is -2.23. The number of hydrogen-bond acceptors (Lipinski definition) is 4. The largest absolute Gasteiger partial charge is 0.497 e. The lowest BCUT2D eigenvalue weighted by atomic mass is 9.94. The van der Waals surface area contributed by atoms with E-state index in [-0.39, 0.29) is 24.3 Å². The molecule has 9 heteroatoms. The van der Waals surface area contributed by atoms with Crippen molar-refractivity contribution in [1.82, 2.24) is 15.5 Å². The van der Waals surface area contributed by atoms with Gasteiger partial charge >= 0.3 is 6.03 Å². The van der Waals surface area contributed by atoms with E-state index in [2.05, 4.69) is 16.0 Å². The molecule has 2 aromatic rings. The normalized spacial score (nSPS) is 19.0. The van der Waals surface area contributed by atoms with Gasteiger partial charge in [0.25, 0.3) is 0 Å². The van der Waals surface area contributed by atoms with Gasteiger partial charge in [0, 0.05) is 25.2 Å². The van der Waals surface area contributed by atoms with Crippen molar-refractivity contribution in [3.05, 3.63) is 59.9 Å². The summed E-state index contributed by atoms with van der Waals surface area (Å²) >= 11 is 0. The fourth-order valence-corrected chi connectivity index (χ4v) is 3.61. The minimum absolute atomic E-state index is 0.265. The predicted octanol–water partition coefficient (Wildman–Crippen LogP) is 2.08. The average molecular weight is 428 g/mol. The van der Waals surface area contributed by atoms with Crippen molar-refractivity contribution in [2.45, 2.75) is 24.9 Å². The maximum atomic E-state index is 13.1. The van der Waals surface area contributed by atoms with Gasteiger partial charge in [0.2, 0.25) is 11.8 Å². The number of carbonyl (C=O) groups is 3. The van der Waals surface area contributed by atoms with Crippen molar-refractivity contribution < 1.29 is 23.5 Å². The van der Waals surface area contributed by atoms with E-state index < -0.39 is 23.9 Å². The number of likely N-dealkylation sites (N-methyl/N-ethyl adjacent to an activating group) is 1. The van der Waals surface area contributed by atoms with Crippen LogP contribution in [-0.4, -0.2) is 55.5 Å². The Kier molecular flexibility index (Phi) is 6.74. The van der Waals surface area contributed by atoms with Gasteiger partial charge < -0.3 is 25.6 Å². The number of methoxy groups -OCH3 is 1. The Balaban J connectivity index is 1.82. The smallest absolute Gasteiger partial charge is 0.319 e. The van der Waals surface area contributed by atoms with E-state index in [1.807, 2.05) is 12.1 Å². The Morgan fingerprint density at radius 1 is 1.13 bits per heavy atom. The summed E-state index contributed by atoms with van der Waals surface area (Å²) in [4.78, 5) is 39.3. The van der Waals surface area contributed by atoms with Gasteiger partial charge in [-0.25, -0.2) is 9.18 Å². The molecular weight excluding hydrogens is 403 g/mol. The Hall–Kier alpha value is -3.62. The number of nitrogens with zero attached hydrogens (tertiary/aromatic N) is 1. The molecule has 0 radical (unpaired) electrons. The average Bonchev–Trinajstić information content (AvgIpc) is 3.10. The molecule has 0 spiro atoms. The lowest BCUT2D eigenvalue weighted by Crippen LogP contribution is -2.49. The van der Waals surface area contributed by atoms with Gasteiger partial charge in [-0.3, -0.25) is 9.59 Å². The third-order valence-electron chi connectivity index (χ3n) is 5.37. The first-order chi connectivity index (χ1) is 14.8. The second-order valence-electron chi connectivity index (χ2n) is 7.24. The van der Waals surface area contributed by atoms with Crippen LogP contribution in [-0.2, 0) is 9.59 Å². The van der Waals surface area contributed by atoms with Crippen molar-refractivity contribution >= 4 is 23.5 Å². The molecule has 0 saturated carbocycles. The van der Waals surface area contributed by atoms with Crippen LogP contribution in [0.15, 0.2) is 48.5 Å². The monoisotopic (exact) mass is 428 g/mol. The summed E-state index contributed by atoms with van der Waals surface area (Å²) in [5.74, 6) is -0.772. The third-order valence-corrected chi connectivity index (χ3v) is 5.37. The fourth-order valence-electron chi connectivity index (χ4n) is 3.61. The quantitative estimate of drug-likeness (QED) is 0.656. The van der Waals surface area contributed by atoms with Crippen LogP contribution in [0, 0.1) is 5.82 Å². The Bertz CT molecular complexity index is 949. The molecule has 1 aliphatic heterocycles. The summed E-state index contributed by atoms with van der Waals surface area (Å²) in [6.45, 7) is 1.91. The second kappa shape index (κ2) is 9.46. The molecule has 0 aliphatic carbocycles. The van der Waals surface area contributed by atoms with Gasteiger partial charge in [-0.05, 0) is 48.9 Å². The minimum atomic E-state index is -0.874. The molecular formula is C22H25FN4O4. The van der Waals surface area contributed by atoms with Gasteiger partial charge in [-0.1, -0.05) is 12.1 Å². The fraction of sp³-hybridized carbons (Fsp3) is 0.318. The zero-order valence-corrected chi connectivity index (χ0v) is 17.5. The Morgan fingerprint density at radius 2 is 1.77 bits per heavy atom. The van der Waals surface area contributed by atoms with Crippen LogP contribution in [0.4, 0.5) is 14.9 Å². The highest BCUT2D eigenvalue weighted by atomic mass is 19.1. The zero-order valence-electron chi connectivity index (χ0n) is 17.5. The molecule has 0 aromatic heterocycles.